The summed E-state index contributed by atoms with van der Waals surface area (Å²) in [4.78, 5) is 16.9. The molecule has 1 heterocycles. The molecule has 0 amide bonds. The van der Waals surface area contributed by atoms with Crippen LogP contribution in [0.25, 0.3) is 0 Å². The van der Waals surface area contributed by atoms with Gasteiger partial charge in [0, 0.05) is 23.1 Å². The highest BCUT2D eigenvalue weighted by atomic mass is 32.1. The number of aryl methyl sites for hydroxylation is 1. The van der Waals surface area contributed by atoms with E-state index >= 15 is 0 Å². The quantitative estimate of drug-likeness (QED) is 0.417. The summed E-state index contributed by atoms with van der Waals surface area (Å²) in [6.45, 7) is 1.88. The second kappa shape index (κ2) is 7.84. The van der Waals surface area contributed by atoms with E-state index in [0.29, 0.717) is 10.6 Å². The molecule has 0 fully saturated rings. The fourth-order valence-corrected chi connectivity index (χ4v) is 2.63. The van der Waals surface area contributed by atoms with E-state index in [1.165, 1.54) is 18.2 Å². The van der Waals surface area contributed by atoms with Crippen LogP contribution in [0.15, 0.2) is 66.9 Å². The number of benzene rings is 2. The zero-order valence-corrected chi connectivity index (χ0v) is 14.7. The number of aromatic nitrogens is 1. The Morgan fingerprint density at radius 1 is 1.08 bits per heavy atom. The minimum absolute atomic E-state index is 0.104. The van der Waals surface area contributed by atoms with Crippen molar-refractivity contribution in [3.8, 4) is 5.75 Å². The maximum atomic E-state index is 13.6. The molecule has 6 heteroatoms. The maximum Gasteiger partial charge on any atom is 0.343 e. The number of thiocarbonyl (C=S) groups is 1. The van der Waals surface area contributed by atoms with Crippen LogP contribution in [0.5, 0.6) is 5.75 Å². The number of carbonyl (C=O) groups is 1. The SMILES string of the molecule is Cc1ncccc1C(=S)Nc1ccc(C(=O)Oc2ccccc2F)cc1. The van der Waals surface area contributed by atoms with Gasteiger partial charge in [-0.1, -0.05) is 24.4 Å². The molecule has 130 valence electrons. The third kappa shape index (κ3) is 4.10. The Hall–Kier alpha value is -3.12. The summed E-state index contributed by atoms with van der Waals surface area (Å²) in [5, 5.41) is 3.10. The second-order valence-electron chi connectivity index (χ2n) is 5.49. The second-order valence-corrected chi connectivity index (χ2v) is 5.90. The predicted octanol–water partition coefficient (Wildman–Crippen LogP) is 4.54. The number of hydrogen-bond donors (Lipinski definition) is 1. The molecule has 0 aliphatic rings. The van der Waals surface area contributed by atoms with Crippen LogP contribution in [0.1, 0.15) is 21.6 Å². The first-order valence-corrected chi connectivity index (χ1v) is 8.25. The number of nitrogens with zero attached hydrogens (tertiary/aromatic N) is 1. The Bertz CT molecular complexity index is 958. The average molecular weight is 366 g/mol. The lowest BCUT2D eigenvalue weighted by Gasteiger charge is -2.10. The minimum Gasteiger partial charge on any atom is -0.420 e. The van der Waals surface area contributed by atoms with Crippen molar-refractivity contribution >= 4 is 28.9 Å². The van der Waals surface area contributed by atoms with E-state index in [2.05, 4.69) is 10.3 Å². The zero-order chi connectivity index (χ0) is 18.5. The average Bonchev–Trinajstić information content (AvgIpc) is 2.64. The number of anilines is 1. The summed E-state index contributed by atoms with van der Waals surface area (Å²) in [5.74, 6) is -1.32. The Kier molecular flexibility index (Phi) is 5.34. The van der Waals surface area contributed by atoms with Crippen LogP contribution in [0.2, 0.25) is 0 Å². The number of carbonyl (C=O) groups excluding carboxylic acids is 1. The highest BCUT2D eigenvalue weighted by Crippen LogP contribution is 2.18. The molecule has 0 radical (unpaired) electrons. The van der Waals surface area contributed by atoms with Crippen LogP contribution in [-0.4, -0.2) is 15.9 Å². The number of rotatable bonds is 4. The largest absolute Gasteiger partial charge is 0.420 e. The van der Waals surface area contributed by atoms with Gasteiger partial charge in [-0.05, 0) is 55.5 Å². The van der Waals surface area contributed by atoms with Gasteiger partial charge in [-0.25, -0.2) is 9.18 Å². The van der Waals surface area contributed by atoms with Crippen LogP contribution in [-0.2, 0) is 0 Å². The van der Waals surface area contributed by atoms with Crippen LogP contribution >= 0.6 is 12.2 Å². The summed E-state index contributed by atoms with van der Waals surface area (Å²) in [6, 6.07) is 16.0. The summed E-state index contributed by atoms with van der Waals surface area (Å²) in [6.07, 6.45) is 1.71. The van der Waals surface area contributed by atoms with Crippen molar-refractivity contribution in [1.82, 2.24) is 4.98 Å². The van der Waals surface area contributed by atoms with Crippen molar-refractivity contribution < 1.29 is 13.9 Å². The monoisotopic (exact) mass is 366 g/mol. The van der Waals surface area contributed by atoms with Crippen molar-refractivity contribution in [2.75, 3.05) is 5.32 Å². The molecule has 1 N–H and O–H groups in total. The minimum atomic E-state index is -0.632. The molecule has 0 aliphatic heterocycles. The van der Waals surface area contributed by atoms with Gasteiger partial charge in [-0.2, -0.15) is 0 Å². The van der Waals surface area contributed by atoms with Gasteiger partial charge in [-0.15, -0.1) is 0 Å². The number of halogens is 1. The molecule has 0 saturated carbocycles. The van der Waals surface area contributed by atoms with Gasteiger partial charge in [0.05, 0.1) is 5.56 Å². The van der Waals surface area contributed by atoms with Gasteiger partial charge < -0.3 is 10.1 Å². The standard InChI is InChI=1S/C20H15FN2O2S/c1-13-16(5-4-12-22-13)19(26)23-15-10-8-14(9-11-15)20(24)25-18-7-3-2-6-17(18)21/h2-12H,1H3,(H,23,26). The fraction of sp³-hybridized carbons (Fsp3) is 0.0500. The maximum absolute atomic E-state index is 13.6. The molecule has 1 aromatic heterocycles. The van der Waals surface area contributed by atoms with Crippen molar-refractivity contribution in [3.05, 3.63) is 89.5 Å². The number of ether oxygens (including phenoxy) is 1. The van der Waals surface area contributed by atoms with E-state index in [1.807, 2.05) is 19.1 Å². The molecule has 0 saturated heterocycles. The zero-order valence-electron chi connectivity index (χ0n) is 13.9. The highest BCUT2D eigenvalue weighted by molar-refractivity contribution is 7.81. The molecule has 2 aromatic carbocycles. The molecule has 3 rings (SSSR count). The van der Waals surface area contributed by atoms with Crippen LogP contribution in [0.3, 0.4) is 0 Å². The summed E-state index contributed by atoms with van der Waals surface area (Å²) >= 11 is 5.39. The Labute approximate surface area is 155 Å². The van der Waals surface area contributed by atoms with E-state index in [4.69, 9.17) is 17.0 Å². The van der Waals surface area contributed by atoms with Crippen molar-refractivity contribution in [3.63, 3.8) is 0 Å². The third-order valence-electron chi connectivity index (χ3n) is 3.67. The Morgan fingerprint density at radius 2 is 1.81 bits per heavy atom. The van der Waals surface area contributed by atoms with E-state index in [9.17, 15) is 9.18 Å². The highest BCUT2D eigenvalue weighted by Gasteiger charge is 2.12. The predicted molar refractivity (Wildman–Crippen MR) is 102 cm³/mol. The first-order chi connectivity index (χ1) is 12.5. The lowest BCUT2D eigenvalue weighted by atomic mass is 10.2. The van der Waals surface area contributed by atoms with Gasteiger partial charge in [-0.3, -0.25) is 4.98 Å². The molecule has 0 spiro atoms. The number of nitrogens with one attached hydrogen (secondary N) is 1. The molecule has 0 unspecified atom stereocenters. The number of para-hydroxylation sites is 1. The molecule has 0 aliphatic carbocycles. The molecular weight excluding hydrogens is 351 g/mol. The van der Waals surface area contributed by atoms with Crippen LogP contribution in [0, 0.1) is 12.7 Å². The van der Waals surface area contributed by atoms with E-state index in [-0.39, 0.29) is 5.75 Å². The smallest absolute Gasteiger partial charge is 0.343 e. The van der Waals surface area contributed by atoms with E-state index in [1.54, 1.807) is 36.5 Å². The van der Waals surface area contributed by atoms with Gasteiger partial charge in [0.2, 0.25) is 0 Å². The Morgan fingerprint density at radius 3 is 2.50 bits per heavy atom. The number of hydrogen-bond acceptors (Lipinski definition) is 4. The van der Waals surface area contributed by atoms with Gasteiger partial charge in [0.1, 0.15) is 4.99 Å². The molecular formula is C20H15FN2O2S. The molecule has 3 aromatic rings. The van der Waals surface area contributed by atoms with E-state index in [0.717, 1.165) is 16.9 Å². The normalized spacial score (nSPS) is 10.2. The first kappa shape index (κ1) is 17.7. The van der Waals surface area contributed by atoms with Gasteiger partial charge in [0.25, 0.3) is 0 Å². The summed E-state index contributed by atoms with van der Waals surface area (Å²) < 4.78 is 18.6. The van der Waals surface area contributed by atoms with Crippen molar-refractivity contribution in [2.24, 2.45) is 0 Å². The topological polar surface area (TPSA) is 51.2 Å². The lowest BCUT2D eigenvalue weighted by molar-refractivity contribution is 0.0728. The first-order valence-electron chi connectivity index (χ1n) is 7.84. The Balaban J connectivity index is 1.68. The van der Waals surface area contributed by atoms with E-state index < -0.39 is 11.8 Å². The van der Waals surface area contributed by atoms with Gasteiger partial charge >= 0.3 is 5.97 Å². The number of esters is 1. The number of pyridine rings is 1. The van der Waals surface area contributed by atoms with Crippen molar-refractivity contribution in [1.29, 1.82) is 0 Å². The lowest BCUT2D eigenvalue weighted by Crippen LogP contribution is -2.13. The van der Waals surface area contributed by atoms with Crippen LogP contribution in [0.4, 0.5) is 10.1 Å². The van der Waals surface area contributed by atoms with Crippen molar-refractivity contribution in [2.45, 2.75) is 6.92 Å². The van der Waals surface area contributed by atoms with Crippen LogP contribution < -0.4 is 10.1 Å². The molecule has 26 heavy (non-hydrogen) atoms. The van der Waals surface area contributed by atoms with Gasteiger partial charge in [0.15, 0.2) is 11.6 Å². The molecule has 4 nitrogen and oxygen atoms in total. The summed E-state index contributed by atoms with van der Waals surface area (Å²) in [7, 11) is 0. The molecule has 0 bridgehead atoms. The summed E-state index contributed by atoms with van der Waals surface area (Å²) in [5.41, 5.74) is 2.70. The third-order valence-corrected chi connectivity index (χ3v) is 3.99. The molecule has 0 atom stereocenters. The fourth-order valence-electron chi connectivity index (χ4n) is 2.30.